The van der Waals surface area contributed by atoms with Crippen LogP contribution in [0.4, 0.5) is 0 Å². The predicted molar refractivity (Wildman–Crippen MR) is 98.6 cm³/mol. The standard InChI is InChI=1S/C19H24N4O2/c1-11(2)13-9-8-12(3)10-16(13)20-23-19(25)17-14-6-4-5-7-15(14)18(24)22-21-17/h4-7,11-13H,8-10H2,1-3H3,(H,22,24)(H,23,25)/b20-16-/t12-,13+/m1/s1. The molecule has 1 saturated carbocycles. The van der Waals surface area contributed by atoms with E-state index in [1.807, 2.05) is 0 Å². The van der Waals surface area contributed by atoms with Crippen LogP contribution in [0.3, 0.4) is 0 Å². The summed E-state index contributed by atoms with van der Waals surface area (Å²) < 4.78 is 0. The first-order valence-electron chi connectivity index (χ1n) is 8.81. The lowest BCUT2D eigenvalue weighted by Gasteiger charge is -2.30. The maximum Gasteiger partial charge on any atom is 0.292 e. The number of carbonyl (C=O) groups is 1. The highest BCUT2D eigenvalue weighted by molar-refractivity contribution is 6.05. The Balaban J connectivity index is 1.87. The number of H-pyrrole nitrogens is 1. The zero-order chi connectivity index (χ0) is 18.0. The Bertz CT molecular complexity index is 869. The number of benzene rings is 1. The van der Waals surface area contributed by atoms with Crippen LogP contribution in [0.15, 0.2) is 34.2 Å². The van der Waals surface area contributed by atoms with Gasteiger partial charge in [0.15, 0.2) is 5.69 Å². The van der Waals surface area contributed by atoms with E-state index in [2.05, 4.69) is 41.5 Å². The molecule has 132 valence electrons. The molecule has 0 unspecified atom stereocenters. The molecule has 3 rings (SSSR count). The molecule has 1 aliphatic carbocycles. The molecule has 6 heteroatoms. The van der Waals surface area contributed by atoms with Crippen molar-refractivity contribution in [3.63, 3.8) is 0 Å². The van der Waals surface area contributed by atoms with E-state index in [0.717, 1.165) is 18.6 Å². The van der Waals surface area contributed by atoms with Gasteiger partial charge in [0.2, 0.25) is 0 Å². The zero-order valence-electron chi connectivity index (χ0n) is 14.9. The van der Waals surface area contributed by atoms with Crippen LogP contribution in [-0.2, 0) is 0 Å². The Labute approximate surface area is 146 Å². The number of fused-ring (bicyclic) bond motifs is 1. The Hall–Kier alpha value is -2.50. The van der Waals surface area contributed by atoms with Crippen molar-refractivity contribution in [1.82, 2.24) is 15.6 Å². The van der Waals surface area contributed by atoms with Crippen molar-refractivity contribution in [2.45, 2.75) is 40.0 Å². The third-order valence-electron chi connectivity index (χ3n) is 4.97. The summed E-state index contributed by atoms with van der Waals surface area (Å²) in [6, 6.07) is 6.94. The van der Waals surface area contributed by atoms with Crippen molar-refractivity contribution in [3.05, 3.63) is 40.3 Å². The average molecular weight is 340 g/mol. The highest BCUT2D eigenvalue weighted by Crippen LogP contribution is 2.31. The van der Waals surface area contributed by atoms with E-state index in [1.165, 1.54) is 6.42 Å². The summed E-state index contributed by atoms with van der Waals surface area (Å²) in [4.78, 5) is 24.4. The van der Waals surface area contributed by atoms with Crippen LogP contribution in [0, 0.1) is 17.8 Å². The number of hydrazone groups is 1. The monoisotopic (exact) mass is 340 g/mol. The molecule has 1 aliphatic rings. The Morgan fingerprint density at radius 2 is 2.00 bits per heavy atom. The summed E-state index contributed by atoms with van der Waals surface area (Å²) in [7, 11) is 0. The molecule has 1 fully saturated rings. The van der Waals surface area contributed by atoms with Gasteiger partial charge in [-0.05, 0) is 37.2 Å². The smallest absolute Gasteiger partial charge is 0.267 e. The second kappa shape index (κ2) is 7.17. The van der Waals surface area contributed by atoms with Crippen LogP contribution in [0.2, 0.25) is 0 Å². The molecule has 0 radical (unpaired) electrons. The minimum atomic E-state index is -0.402. The number of amides is 1. The van der Waals surface area contributed by atoms with Gasteiger partial charge in [0, 0.05) is 17.0 Å². The van der Waals surface area contributed by atoms with Gasteiger partial charge in [-0.15, -0.1) is 0 Å². The Morgan fingerprint density at radius 1 is 1.28 bits per heavy atom. The third-order valence-corrected chi connectivity index (χ3v) is 4.97. The zero-order valence-corrected chi connectivity index (χ0v) is 14.9. The molecule has 0 aliphatic heterocycles. The normalized spacial score (nSPS) is 22.5. The molecule has 0 saturated heterocycles. The van der Waals surface area contributed by atoms with Crippen molar-refractivity contribution in [1.29, 1.82) is 0 Å². The maximum absolute atomic E-state index is 12.6. The van der Waals surface area contributed by atoms with Crippen LogP contribution < -0.4 is 11.0 Å². The van der Waals surface area contributed by atoms with E-state index in [4.69, 9.17) is 0 Å². The number of aromatic amines is 1. The number of nitrogens with one attached hydrogen (secondary N) is 2. The molecule has 2 N–H and O–H groups in total. The largest absolute Gasteiger partial charge is 0.292 e. The maximum atomic E-state index is 12.6. The van der Waals surface area contributed by atoms with E-state index >= 15 is 0 Å². The number of hydrogen-bond donors (Lipinski definition) is 2. The molecular formula is C19H24N4O2. The minimum Gasteiger partial charge on any atom is -0.267 e. The lowest BCUT2D eigenvalue weighted by molar-refractivity contribution is 0.0950. The first kappa shape index (κ1) is 17.3. The first-order valence-corrected chi connectivity index (χ1v) is 8.81. The van der Waals surface area contributed by atoms with Crippen molar-refractivity contribution in [3.8, 4) is 0 Å². The Morgan fingerprint density at radius 3 is 2.72 bits per heavy atom. The fraction of sp³-hybridized carbons (Fsp3) is 0.474. The van der Waals surface area contributed by atoms with Crippen LogP contribution in [-0.4, -0.2) is 21.8 Å². The topological polar surface area (TPSA) is 87.2 Å². The average Bonchev–Trinajstić information content (AvgIpc) is 2.60. The first-order chi connectivity index (χ1) is 12.0. The van der Waals surface area contributed by atoms with Crippen molar-refractivity contribution in [2.24, 2.45) is 22.9 Å². The van der Waals surface area contributed by atoms with Gasteiger partial charge in [-0.1, -0.05) is 39.0 Å². The lowest BCUT2D eigenvalue weighted by atomic mass is 9.76. The van der Waals surface area contributed by atoms with Gasteiger partial charge < -0.3 is 0 Å². The molecule has 0 bridgehead atoms. The Kier molecular flexibility index (Phi) is 4.97. The highest BCUT2D eigenvalue weighted by Gasteiger charge is 2.27. The van der Waals surface area contributed by atoms with Crippen LogP contribution in [0.25, 0.3) is 10.8 Å². The van der Waals surface area contributed by atoms with E-state index in [1.54, 1.807) is 24.3 Å². The van der Waals surface area contributed by atoms with Crippen molar-refractivity contribution in [2.75, 3.05) is 0 Å². The van der Waals surface area contributed by atoms with Crippen LogP contribution >= 0.6 is 0 Å². The summed E-state index contributed by atoms with van der Waals surface area (Å²) in [6.45, 7) is 6.59. The molecule has 1 aromatic carbocycles. The van der Waals surface area contributed by atoms with Gasteiger partial charge >= 0.3 is 0 Å². The predicted octanol–water partition coefficient (Wildman–Crippen LogP) is 3.10. The molecule has 6 nitrogen and oxygen atoms in total. The third kappa shape index (κ3) is 3.62. The number of nitrogens with zero attached hydrogens (tertiary/aromatic N) is 2. The summed E-state index contributed by atoms with van der Waals surface area (Å²) in [5, 5.41) is 11.7. The molecule has 0 spiro atoms. The molecule has 1 amide bonds. The van der Waals surface area contributed by atoms with E-state index < -0.39 is 5.91 Å². The van der Waals surface area contributed by atoms with Crippen molar-refractivity contribution < 1.29 is 4.79 Å². The van der Waals surface area contributed by atoms with Crippen molar-refractivity contribution >= 4 is 22.4 Å². The van der Waals surface area contributed by atoms with E-state index in [9.17, 15) is 9.59 Å². The summed E-state index contributed by atoms with van der Waals surface area (Å²) in [5.41, 5.74) is 3.58. The van der Waals surface area contributed by atoms with E-state index in [-0.39, 0.29) is 11.3 Å². The summed E-state index contributed by atoms with van der Waals surface area (Å²) >= 11 is 0. The van der Waals surface area contributed by atoms with Crippen LogP contribution in [0.5, 0.6) is 0 Å². The molecular weight excluding hydrogens is 316 g/mol. The molecule has 1 aromatic heterocycles. The van der Waals surface area contributed by atoms with Gasteiger partial charge in [0.05, 0.1) is 5.39 Å². The molecule has 25 heavy (non-hydrogen) atoms. The molecule has 1 heterocycles. The summed E-state index contributed by atoms with van der Waals surface area (Å²) in [6.07, 6.45) is 3.21. The minimum absolute atomic E-state index is 0.185. The van der Waals surface area contributed by atoms with Crippen LogP contribution in [0.1, 0.15) is 50.5 Å². The van der Waals surface area contributed by atoms with E-state index in [0.29, 0.717) is 28.5 Å². The summed E-state index contributed by atoms with van der Waals surface area (Å²) in [5.74, 6) is 1.07. The molecule has 2 atom stereocenters. The number of rotatable bonds is 3. The highest BCUT2D eigenvalue weighted by atomic mass is 16.2. The fourth-order valence-electron chi connectivity index (χ4n) is 3.55. The number of aromatic nitrogens is 2. The fourth-order valence-corrected chi connectivity index (χ4v) is 3.55. The second-order valence-electron chi connectivity index (χ2n) is 7.23. The van der Waals surface area contributed by atoms with Gasteiger partial charge in [-0.3, -0.25) is 9.59 Å². The van der Waals surface area contributed by atoms with Gasteiger partial charge in [0.25, 0.3) is 11.5 Å². The van der Waals surface area contributed by atoms with Gasteiger partial charge in [0.1, 0.15) is 0 Å². The lowest BCUT2D eigenvalue weighted by Crippen LogP contribution is -2.31. The SMILES string of the molecule is CC(C)[C@@H]1CC[C@@H](C)C/C1=N/NC(=O)c1n[nH]c(=O)c2ccccc12. The second-order valence-corrected chi connectivity index (χ2v) is 7.23. The van der Waals surface area contributed by atoms with Gasteiger partial charge in [-0.2, -0.15) is 10.2 Å². The molecule has 2 aromatic rings. The number of carbonyl (C=O) groups excluding carboxylic acids is 1. The number of hydrogen-bond acceptors (Lipinski definition) is 4. The quantitative estimate of drug-likeness (QED) is 0.842. The van der Waals surface area contributed by atoms with Gasteiger partial charge in [-0.25, -0.2) is 10.5 Å².